The molecule has 1 N–H and O–H groups in total. The van der Waals surface area contributed by atoms with Gasteiger partial charge in [0.2, 0.25) is 0 Å². The average Bonchev–Trinajstić information content (AvgIpc) is 2.79. The van der Waals surface area contributed by atoms with Crippen LogP contribution in [-0.2, 0) is 17.8 Å². The topological polar surface area (TPSA) is 49.8 Å². The summed E-state index contributed by atoms with van der Waals surface area (Å²) in [6, 6.07) is 22.3. The van der Waals surface area contributed by atoms with Gasteiger partial charge in [-0.25, -0.2) is 4.39 Å². The van der Waals surface area contributed by atoms with Crippen molar-refractivity contribution >= 4 is 5.97 Å². The van der Waals surface area contributed by atoms with E-state index in [2.05, 4.69) is 4.90 Å². The molecule has 166 valence electrons. The van der Waals surface area contributed by atoms with Crippen LogP contribution in [0.2, 0.25) is 0 Å². The summed E-state index contributed by atoms with van der Waals surface area (Å²) in [5.41, 5.74) is 2.91. The zero-order valence-electron chi connectivity index (χ0n) is 18.3. The van der Waals surface area contributed by atoms with Crippen molar-refractivity contribution in [2.75, 3.05) is 20.2 Å². The van der Waals surface area contributed by atoms with E-state index in [4.69, 9.17) is 4.74 Å². The molecule has 1 aliphatic heterocycles. The molecular formula is C27H28FNO3. The number of likely N-dealkylation sites (tertiary alicyclic amines) is 1. The van der Waals surface area contributed by atoms with Gasteiger partial charge >= 0.3 is 5.97 Å². The van der Waals surface area contributed by atoms with Gasteiger partial charge in [0, 0.05) is 18.7 Å². The highest BCUT2D eigenvalue weighted by molar-refractivity contribution is 5.78. The highest BCUT2D eigenvalue weighted by Gasteiger charge is 2.42. The minimum Gasteiger partial charge on any atom is -0.496 e. The zero-order chi connectivity index (χ0) is 22.6. The SMILES string of the molecule is COc1ccccc1-c1ccccc1C[C@@]1(C(=O)O)CCCN(Cc2cccc(F)c2)C1. The lowest BCUT2D eigenvalue weighted by Crippen LogP contribution is -2.48. The standard InChI is InChI=1S/C27H28FNO3/c1-32-25-13-5-4-12-24(25)23-11-3-2-9-21(23)17-27(26(30)31)14-7-15-29(19-27)18-20-8-6-10-22(28)16-20/h2-6,8-13,16H,7,14-15,17-19H2,1H3,(H,30,31)/t27-/m0/s1. The van der Waals surface area contributed by atoms with Crippen LogP contribution in [0.5, 0.6) is 5.75 Å². The summed E-state index contributed by atoms with van der Waals surface area (Å²) >= 11 is 0. The van der Waals surface area contributed by atoms with E-state index >= 15 is 0 Å². The molecule has 0 aromatic heterocycles. The number of benzene rings is 3. The maximum absolute atomic E-state index is 13.6. The normalized spacial score (nSPS) is 18.9. The van der Waals surface area contributed by atoms with E-state index < -0.39 is 11.4 Å². The molecule has 3 aromatic carbocycles. The molecule has 3 aromatic rings. The molecule has 0 saturated carbocycles. The molecule has 1 aliphatic rings. The van der Waals surface area contributed by atoms with Crippen LogP contribution in [-0.4, -0.2) is 36.2 Å². The second kappa shape index (κ2) is 9.53. The highest BCUT2D eigenvalue weighted by Crippen LogP contribution is 2.39. The second-order valence-corrected chi connectivity index (χ2v) is 8.56. The van der Waals surface area contributed by atoms with Crippen molar-refractivity contribution in [2.24, 2.45) is 5.41 Å². The molecule has 4 rings (SSSR count). The molecular weight excluding hydrogens is 405 g/mol. The molecule has 0 bridgehead atoms. The summed E-state index contributed by atoms with van der Waals surface area (Å²) < 4.78 is 19.2. The maximum atomic E-state index is 13.6. The van der Waals surface area contributed by atoms with Crippen molar-refractivity contribution in [1.29, 1.82) is 0 Å². The first-order valence-corrected chi connectivity index (χ1v) is 10.9. The molecule has 0 unspecified atom stereocenters. The van der Waals surface area contributed by atoms with E-state index in [1.807, 2.05) is 54.6 Å². The summed E-state index contributed by atoms with van der Waals surface area (Å²) in [4.78, 5) is 14.7. The molecule has 1 fully saturated rings. The highest BCUT2D eigenvalue weighted by atomic mass is 19.1. The number of halogens is 1. The van der Waals surface area contributed by atoms with Crippen molar-refractivity contribution in [3.05, 3.63) is 89.7 Å². The van der Waals surface area contributed by atoms with Crippen LogP contribution in [0.15, 0.2) is 72.8 Å². The number of aliphatic carboxylic acids is 1. The summed E-state index contributed by atoms with van der Waals surface area (Å²) in [7, 11) is 1.64. The summed E-state index contributed by atoms with van der Waals surface area (Å²) in [5.74, 6) is -0.285. The van der Waals surface area contributed by atoms with E-state index in [-0.39, 0.29) is 5.82 Å². The van der Waals surface area contributed by atoms with Gasteiger partial charge in [0.1, 0.15) is 11.6 Å². The van der Waals surface area contributed by atoms with Crippen molar-refractivity contribution in [1.82, 2.24) is 4.90 Å². The van der Waals surface area contributed by atoms with Gasteiger partial charge in [-0.1, -0.05) is 54.6 Å². The smallest absolute Gasteiger partial charge is 0.311 e. The van der Waals surface area contributed by atoms with Crippen LogP contribution in [0.25, 0.3) is 11.1 Å². The van der Waals surface area contributed by atoms with Crippen molar-refractivity contribution in [3.8, 4) is 16.9 Å². The molecule has 1 saturated heterocycles. The number of rotatable bonds is 7. The van der Waals surface area contributed by atoms with E-state index in [0.29, 0.717) is 25.9 Å². The molecule has 0 aliphatic carbocycles. The number of para-hydroxylation sites is 1. The second-order valence-electron chi connectivity index (χ2n) is 8.56. The fourth-order valence-electron chi connectivity index (χ4n) is 4.82. The fourth-order valence-corrected chi connectivity index (χ4v) is 4.82. The molecule has 5 heteroatoms. The summed E-state index contributed by atoms with van der Waals surface area (Å²) in [6.07, 6.45) is 1.83. The Hall–Kier alpha value is -3.18. The Balaban J connectivity index is 1.63. The van der Waals surface area contributed by atoms with Gasteiger partial charge in [0.15, 0.2) is 0 Å². The number of piperidine rings is 1. The summed E-state index contributed by atoms with van der Waals surface area (Å²) in [6.45, 7) is 1.78. The van der Waals surface area contributed by atoms with Crippen LogP contribution in [0.1, 0.15) is 24.0 Å². The van der Waals surface area contributed by atoms with Crippen LogP contribution in [0.4, 0.5) is 4.39 Å². The first-order chi connectivity index (χ1) is 15.5. The molecule has 0 amide bonds. The van der Waals surface area contributed by atoms with Crippen LogP contribution in [0, 0.1) is 11.2 Å². The predicted molar refractivity (Wildman–Crippen MR) is 123 cm³/mol. The van der Waals surface area contributed by atoms with Gasteiger partial charge in [0.05, 0.1) is 12.5 Å². The first kappa shape index (κ1) is 22.0. The van der Waals surface area contributed by atoms with Crippen molar-refractivity contribution in [2.45, 2.75) is 25.8 Å². The average molecular weight is 434 g/mol. The monoisotopic (exact) mass is 433 g/mol. The number of hydrogen-bond donors (Lipinski definition) is 1. The number of hydrogen-bond acceptors (Lipinski definition) is 3. The Labute approximate surface area is 188 Å². The molecule has 0 spiro atoms. The number of carboxylic acid groups (broad SMARTS) is 1. The molecule has 1 heterocycles. The molecule has 4 nitrogen and oxygen atoms in total. The van der Waals surface area contributed by atoms with E-state index in [1.54, 1.807) is 13.2 Å². The van der Waals surface area contributed by atoms with E-state index in [9.17, 15) is 14.3 Å². The Morgan fingerprint density at radius 3 is 2.56 bits per heavy atom. The largest absolute Gasteiger partial charge is 0.496 e. The zero-order valence-corrected chi connectivity index (χ0v) is 18.3. The summed E-state index contributed by atoms with van der Waals surface area (Å²) in [5, 5.41) is 10.3. The lowest BCUT2D eigenvalue weighted by atomic mass is 9.74. The van der Waals surface area contributed by atoms with E-state index in [1.165, 1.54) is 12.1 Å². The molecule has 0 radical (unpaired) electrons. The Morgan fingerprint density at radius 2 is 1.81 bits per heavy atom. The lowest BCUT2D eigenvalue weighted by molar-refractivity contribution is -0.152. The maximum Gasteiger partial charge on any atom is 0.311 e. The van der Waals surface area contributed by atoms with Crippen molar-refractivity contribution in [3.63, 3.8) is 0 Å². The minimum atomic E-state index is -0.899. The van der Waals surface area contributed by atoms with Gasteiger partial charge in [-0.15, -0.1) is 0 Å². The quantitative estimate of drug-likeness (QED) is 0.541. The lowest BCUT2D eigenvalue weighted by Gasteiger charge is -2.40. The van der Waals surface area contributed by atoms with Crippen molar-refractivity contribution < 1.29 is 19.0 Å². The third-order valence-corrected chi connectivity index (χ3v) is 6.35. The number of carboxylic acids is 1. The third kappa shape index (κ3) is 4.68. The minimum absolute atomic E-state index is 0.269. The van der Waals surface area contributed by atoms with E-state index in [0.717, 1.165) is 41.0 Å². The number of methoxy groups -OCH3 is 1. The third-order valence-electron chi connectivity index (χ3n) is 6.35. The Morgan fingerprint density at radius 1 is 1.06 bits per heavy atom. The van der Waals surface area contributed by atoms with Gasteiger partial charge in [-0.2, -0.15) is 0 Å². The van der Waals surface area contributed by atoms with Gasteiger partial charge in [0.25, 0.3) is 0 Å². The molecule has 1 atom stereocenters. The van der Waals surface area contributed by atoms with Gasteiger partial charge in [-0.05, 0) is 60.7 Å². The van der Waals surface area contributed by atoms with Crippen LogP contribution < -0.4 is 4.74 Å². The fraction of sp³-hybridized carbons (Fsp3) is 0.296. The first-order valence-electron chi connectivity index (χ1n) is 10.9. The van der Waals surface area contributed by atoms with Gasteiger partial charge < -0.3 is 9.84 Å². The Bertz CT molecular complexity index is 1100. The van der Waals surface area contributed by atoms with Crippen LogP contribution in [0.3, 0.4) is 0 Å². The molecule has 32 heavy (non-hydrogen) atoms. The predicted octanol–water partition coefficient (Wildman–Crippen LogP) is 5.41. The number of carbonyl (C=O) groups is 1. The number of ether oxygens (including phenoxy) is 1. The Kier molecular flexibility index (Phi) is 6.56. The van der Waals surface area contributed by atoms with Gasteiger partial charge in [-0.3, -0.25) is 9.69 Å². The van der Waals surface area contributed by atoms with Crippen LogP contribution >= 0.6 is 0 Å². The number of nitrogens with zero attached hydrogens (tertiary/aromatic N) is 1.